The van der Waals surface area contributed by atoms with Gasteiger partial charge in [-0.2, -0.15) is 30.7 Å². The number of carbonyl (C=O) groups excluding carboxylic acids is 1. The molecule has 10 heteroatoms. The van der Waals surface area contributed by atoms with Gasteiger partial charge in [0.05, 0.1) is 0 Å². The molecule has 0 rings (SSSR count). The monoisotopic (exact) mass is 442 g/mol. The van der Waals surface area contributed by atoms with Gasteiger partial charge in [0, 0.05) is 6.42 Å². The van der Waals surface area contributed by atoms with Crippen molar-refractivity contribution in [3.8, 4) is 0 Å². The van der Waals surface area contributed by atoms with E-state index < -0.39 is 47.7 Å². The first-order chi connectivity index (χ1) is 12.5. The molecule has 0 bridgehead atoms. The first kappa shape index (κ1) is 27.3. The SMILES string of the molecule is CCCCCC(SCCCCC(F)(F)C(F)(F)C(F)(F)F)C(=O)OC(C)(C)C. The number of hydrogen-bond acceptors (Lipinski definition) is 3. The van der Waals surface area contributed by atoms with Crippen LogP contribution in [-0.2, 0) is 9.53 Å². The molecule has 0 heterocycles. The Kier molecular flexibility index (Phi) is 10.7. The van der Waals surface area contributed by atoms with Gasteiger partial charge in [0.25, 0.3) is 0 Å². The fourth-order valence-corrected chi connectivity index (χ4v) is 3.43. The summed E-state index contributed by atoms with van der Waals surface area (Å²) in [5.74, 6) is -11.5. The smallest absolute Gasteiger partial charge is 0.459 e. The van der Waals surface area contributed by atoms with Crippen LogP contribution in [0.1, 0.15) is 72.6 Å². The average Bonchev–Trinajstić information content (AvgIpc) is 2.49. The fraction of sp³-hybridized carbons (Fsp3) is 0.944. The van der Waals surface area contributed by atoms with E-state index in [0.717, 1.165) is 31.0 Å². The maximum Gasteiger partial charge on any atom is 0.459 e. The van der Waals surface area contributed by atoms with Crippen molar-refractivity contribution in [3.63, 3.8) is 0 Å². The summed E-state index contributed by atoms with van der Waals surface area (Å²) in [7, 11) is 0. The average molecular weight is 442 g/mol. The molecule has 168 valence electrons. The highest BCUT2D eigenvalue weighted by molar-refractivity contribution is 8.00. The topological polar surface area (TPSA) is 26.3 Å². The molecule has 0 aliphatic rings. The molecule has 0 aromatic carbocycles. The van der Waals surface area contributed by atoms with E-state index in [9.17, 15) is 35.5 Å². The van der Waals surface area contributed by atoms with Crippen LogP contribution in [0.3, 0.4) is 0 Å². The van der Waals surface area contributed by atoms with Crippen LogP contribution >= 0.6 is 11.8 Å². The molecule has 28 heavy (non-hydrogen) atoms. The molecule has 0 aliphatic carbocycles. The summed E-state index contributed by atoms with van der Waals surface area (Å²) >= 11 is 1.16. The predicted octanol–water partition coefficient (Wildman–Crippen LogP) is 7.01. The van der Waals surface area contributed by atoms with Gasteiger partial charge < -0.3 is 4.74 Å². The van der Waals surface area contributed by atoms with Crippen LogP contribution in [-0.4, -0.2) is 40.6 Å². The Bertz CT molecular complexity index is 474. The zero-order valence-electron chi connectivity index (χ0n) is 16.6. The number of thioether (sulfide) groups is 1. The van der Waals surface area contributed by atoms with Gasteiger partial charge >= 0.3 is 24.0 Å². The molecule has 0 amide bonds. The third-order valence-corrected chi connectivity index (χ3v) is 5.11. The zero-order valence-corrected chi connectivity index (χ0v) is 17.4. The second kappa shape index (κ2) is 10.9. The van der Waals surface area contributed by atoms with Crippen molar-refractivity contribution >= 4 is 17.7 Å². The van der Waals surface area contributed by atoms with Crippen molar-refractivity contribution < 1.29 is 40.3 Å². The van der Waals surface area contributed by atoms with Crippen molar-refractivity contribution in [2.24, 2.45) is 0 Å². The highest BCUT2D eigenvalue weighted by atomic mass is 32.2. The first-order valence-corrected chi connectivity index (χ1v) is 10.3. The lowest BCUT2D eigenvalue weighted by Crippen LogP contribution is -2.51. The van der Waals surface area contributed by atoms with Crippen molar-refractivity contribution in [3.05, 3.63) is 0 Å². The van der Waals surface area contributed by atoms with Crippen LogP contribution in [0.25, 0.3) is 0 Å². The summed E-state index contributed by atoms with van der Waals surface area (Å²) in [4.78, 5) is 12.2. The molecule has 0 spiro atoms. The minimum absolute atomic E-state index is 0.0126. The van der Waals surface area contributed by atoms with Crippen molar-refractivity contribution in [1.29, 1.82) is 0 Å². The standard InChI is InChI=1S/C18H29F7O2S/c1-5-6-7-10-13(14(26)27-15(2,3)4)28-12-9-8-11-16(19,20)17(21,22)18(23,24)25/h13H,5-12H2,1-4H3. The highest BCUT2D eigenvalue weighted by Crippen LogP contribution is 2.48. The van der Waals surface area contributed by atoms with Gasteiger partial charge in [0.15, 0.2) is 0 Å². The largest absolute Gasteiger partial charge is 0.459 e. The third-order valence-electron chi connectivity index (χ3n) is 3.76. The van der Waals surface area contributed by atoms with E-state index in [1.54, 1.807) is 20.8 Å². The van der Waals surface area contributed by atoms with E-state index in [0.29, 0.717) is 6.42 Å². The number of carbonyl (C=O) groups is 1. The normalized spacial score (nSPS) is 14.8. The van der Waals surface area contributed by atoms with E-state index in [1.807, 2.05) is 6.92 Å². The maximum atomic E-state index is 13.3. The van der Waals surface area contributed by atoms with Gasteiger partial charge in [-0.1, -0.05) is 26.2 Å². The van der Waals surface area contributed by atoms with Gasteiger partial charge in [-0.3, -0.25) is 4.79 Å². The van der Waals surface area contributed by atoms with Crippen molar-refractivity contribution in [2.45, 2.75) is 102 Å². The fourth-order valence-electron chi connectivity index (χ4n) is 2.26. The summed E-state index contributed by atoms with van der Waals surface area (Å²) < 4.78 is 93.8. The van der Waals surface area contributed by atoms with Gasteiger partial charge in [-0.15, -0.1) is 11.8 Å². The minimum Gasteiger partial charge on any atom is -0.459 e. The minimum atomic E-state index is -6.30. The number of ether oxygens (including phenoxy) is 1. The van der Waals surface area contributed by atoms with Crippen LogP contribution in [0.4, 0.5) is 30.7 Å². The summed E-state index contributed by atoms with van der Waals surface area (Å²) in [6.45, 7) is 7.12. The second-order valence-electron chi connectivity index (χ2n) is 7.62. The molecule has 1 atom stereocenters. The summed E-state index contributed by atoms with van der Waals surface area (Å²) in [5.41, 5.74) is -0.689. The Morgan fingerprint density at radius 2 is 1.50 bits per heavy atom. The molecule has 0 saturated heterocycles. The lowest BCUT2D eigenvalue weighted by Gasteiger charge is -2.28. The van der Waals surface area contributed by atoms with E-state index >= 15 is 0 Å². The van der Waals surface area contributed by atoms with Gasteiger partial charge in [0.1, 0.15) is 10.9 Å². The number of hydrogen-bond donors (Lipinski definition) is 0. The molecule has 0 N–H and O–H groups in total. The number of alkyl halides is 7. The van der Waals surface area contributed by atoms with Gasteiger partial charge in [-0.25, -0.2) is 0 Å². The molecule has 0 saturated carbocycles. The van der Waals surface area contributed by atoms with Gasteiger partial charge in [0.2, 0.25) is 0 Å². The molecule has 0 radical (unpaired) electrons. The van der Waals surface area contributed by atoms with Crippen LogP contribution in [0.5, 0.6) is 0 Å². The highest BCUT2D eigenvalue weighted by Gasteiger charge is 2.72. The number of esters is 1. The number of rotatable bonds is 12. The molecule has 0 aliphatic heterocycles. The lowest BCUT2D eigenvalue weighted by molar-refractivity contribution is -0.355. The third kappa shape index (κ3) is 9.22. The summed E-state index contributed by atoms with van der Waals surface area (Å²) in [5, 5.41) is -0.525. The molecule has 0 fully saturated rings. The quantitative estimate of drug-likeness (QED) is 0.185. The van der Waals surface area contributed by atoms with Crippen LogP contribution in [0.15, 0.2) is 0 Å². The Labute approximate surface area is 166 Å². The van der Waals surface area contributed by atoms with E-state index in [1.165, 1.54) is 0 Å². The zero-order chi connectivity index (χ0) is 22.2. The Morgan fingerprint density at radius 1 is 0.929 bits per heavy atom. The lowest BCUT2D eigenvalue weighted by atomic mass is 10.0. The molecule has 2 nitrogen and oxygen atoms in total. The van der Waals surface area contributed by atoms with E-state index in [-0.39, 0.29) is 12.2 Å². The molecule has 0 aromatic heterocycles. The maximum absolute atomic E-state index is 13.3. The Hall–Kier alpha value is -0.670. The van der Waals surface area contributed by atoms with Crippen molar-refractivity contribution in [1.82, 2.24) is 0 Å². The molecular formula is C18H29F7O2S. The Morgan fingerprint density at radius 3 is 1.96 bits per heavy atom. The summed E-state index contributed by atoms with van der Waals surface area (Å²) in [6.07, 6.45) is -5.27. The van der Waals surface area contributed by atoms with E-state index in [2.05, 4.69) is 0 Å². The van der Waals surface area contributed by atoms with Crippen LogP contribution < -0.4 is 0 Å². The summed E-state index contributed by atoms with van der Waals surface area (Å²) in [6, 6.07) is 0. The molecule has 0 aromatic rings. The number of unbranched alkanes of at least 4 members (excludes halogenated alkanes) is 3. The van der Waals surface area contributed by atoms with Crippen LogP contribution in [0.2, 0.25) is 0 Å². The van der Waals surface area contributed by atoms with Crippen LogP contribution in [0, 0.1) is 0 Å². The molecular weight excluding hydrogens is 413 g/mol. The Balaban J connectivity index is 4.58. The van der Waals surface area contributed by atoms with Gasteiger partial charge in [-0.05, 0) is 45.8 Å². The second-order valence-corrected chi connectivity index (χ2v) is 8.93. The first-order valence-electron chi connectivity index (χ1n) is 9.22. The number of halogens is 7. The molecule has 1 unspecified atom stereocenters. The van der Waals surface area contributed by atoms with Crippen molar-refractivity contribution in [2.75, 3.05) is 5.75 Å². The van der Waals surface area contributed by atoms with E-state index in [4.69, 9.17) is 4.74 Å². The predicted molar refractivity (Wildman–Crippen MR) is 96.0 cm³/mol.